The van der Waals surface area contributed by atoms with E-state index in [0.29, 0.717) is 11.3 Å². The molecule has 1 saturated carbocycles. The molecule has 1 unspecified atom stereocenters. The van der Waals surface area contributed by atoms with Crippen LogP contribution in [0.5, 0.6) is 5.88 Å². The van der Waals surface area contributed by atoms with Crippen molar-refractivity contribution in [2.24, 2.45) is 10.9 Å². The van der Waals surface area contributed by atoms with Crippen molar-refractivity contribution in [3.63, 3.8) is 0 Å². The van der Waals surface area contributed by atoms with Crippen LogP contribution < -0.4 is 15.4 Å². The van der Waals surface area contributed by atoms with Gasteiger partial charge in [-0.3, -0.25) is 4.99 Å². The summed E-state index contributed by atoms with van der Waals surface area (Å²) in [6.45, 7) is 4.79. The molecular formula is C18H29IN4OS. The van der Waals surface area contributed by atoms with Crippen molar-refractivity contribution in [3.8, 4) is 5.88 Å². The molecule has 1 atom stereocenters. The number of thioether (sulfide) groups is 1. The molecule has 0 amide bonds. The summed E-state index contributed by atoms with van der Waals surface area (Å²) >= 11 is 2.06. The van der Waals surface area contributed by atoms with Gasteiger partial charge >= 0.3 is 0 Å². The molecule has 1 aromatic heterocycles. The van der Waals surface area contributed by atoms with E-state index in [4.69, 9.17) is 4.74 Å². The van der Waals surface area contributed by atoms with Crippen LogP contribution in [0.3, 0.4) is 0 Å². The van der Waals surface area contributed by atoms with Crippen molar-refractivity contribution >= 4 is 41.7 Å². The number of nitrogens with one attached hydrogen (secondary N) is 2. The predicted octanol–water partition coefficient (Wildman–Crippen LogP) is 3.44. The predicted molar refractivity (Wildman–Crippen MR) is 116 cm³/mol. The third-order valence-corrected chi connectivity index (χ3v) is 6.11. The molecule has 1 saturated heterocycles. The molecule has 1 aromatic rings. The van der Waals surface area contributed by atoms with Crippen molar-refractivity contribution in [2.45, 2.75) is 43.9 Å². The van der Waals surface area contributed by atoms with Crippen LogP contribution in [0, 0.1) is 5.92 Å². The van der Waals surface area contributed by atoms with Gasteiger partial charge in [-0.1, -0.05) is 6.07 Å². The Morgan fingerprint density at radius 1 is 1.40 bits per heavy atom. The first-order valence-electron chi connectivity index (χ1n) is 8.83. The second kappa shape index (κ2) is 9.85. The van der Waals surface area contributed by atoms with Crippen LogP contribution in [0.2, 0.25) is 0 Å². The monoisotopic (exact) mass is 476 g/mol. The normalized spacial score (nSPS) is 23.0. The number of hydrogen-bond donors (Lipinski definition) is 2. The van der Waals surface area contributed by atoms with E-state index in [-0.39, 0.29) is 24.0 Å². The highest BCUT2D eigenvalue weighted by Crippen LogP contribution is 2.36. The lowest BCUT2D eigenvalue weighted by atomic mass is 10.1. The van der Waals surface area contributed by atoms with Crippen molar-refractivity contribution in [3.05, 3.63) is 23.9 Å². The maximum Gasteiger partial charge on any atom is 0.213 e. The molecule has 2 heterocycles. The van der Waals surface area contributed by atoms with Crippen LogP contribution in [0.15, 0.2) is 23.3 Å². The second-order valence-corrected chi connectivity index (χ2v) is 8.62. The van der Waals surface area contributed by atoms with Gasteiger partial charge in [0.05, 0.1) is 6.61 Å². The third kappa shape index (κ3) is 6.84. The van der Waals surface area contributed by atoms with Gasteiger partial charge in [-0.15, -0.1) is 24.0 Å². The lowest BCUT2D eigenvalue weighted by Gasteiger charge is -2.24. The highest BCUT2D eigenvalue weighted by Gasteiger charge is 2.29. The smallest absolute Gasteiger partial charge is 0.213 e. The van der Waals surface area contributed by atoms with Crippen molar-refractivity contribution < 1.29 is 4.74 Å². The Morgan fingerprint density at radius 3 is 2.84 bits per heavy atom. The zero-order chi connectivity index (χ0) is 16.8. The molecule has 3 rings (SSSR count). The van der Waals surface area contributed by atoms with Gasteiger partial charge in [-0.2, -0.15) is 11.8 Å². The molecule has 1 aliphatic carbocycles. The molecule has 5 nitrogen and oxygen atoms in total. The van der Waals surface area contributed by atoms with E-state index >= 15 is 0 Å². The topological polar surface area (TPSA) is 58.5 Å². The Labute approximate surface area is 172 Å². The Bertz CT molecular complexity index is 557. The van der Waals surface area contributed by atoms with Crippen molar-refractivity contribution in [1.29, 1.82) is 0 Å². The van der Waals surface area contributed by atoms with Gasteiger partial charge in [0.2, 0.25) is 5.88 Å². The molecule has 0 bridgehead atoms. The first-order valence-corrected chi connectivity index (χ1v) is 9.82. The Kier molecular flexibility index (Phi) is 8.12. The summed E-state index contributed by atoms with van der Waals surface area (Å²) < 4.78 is 6.00. The van der Waals surface area contributed by atoms with Gasteiger partial charge in [0.15, 0.2) is 5.96 Å². The minimum atomic E-state index is 0. The van der Waals surface area contributed by atoms with Gasteiger partial charge in [-0.25, -0.2) is 4.98 Å². The molecule has 25 heavy (non-hydrogen) atoms. The fraction of sp³-hybridized carbons (Fsp3) is 0.667. The lowest BCUT2D eigenvalue weighted by Crippen LogP contribution is -2.43. The van der Waals surface area contributed by atoms with E-state index in [9.17, 15) is 0 Å². The summed E-state index contributed by atoms with van der Waals surface area (Å²) in [6, 6.07) is 4.01. The first-order chi connectivity index (χ1) is 11.7. The minimum absolute atomic E-state index is 0. The van der Waals surface area contributed by atoms with E-state index < -0.39 is 0 Å². The summed E-state index contributed by atoms with van der Waals surface area (Å²) in [5, 5.41) is 6.80. The van der Waals surface area contributed by atoms with Crippen LogP contribution in [0.4, 0.5) is 0 Å². The maximum atomic E-state index is 5.67. The number of aliphatic imine (C=N–C) groups is 1. The number of pyridine rings is 1. The number of hydrogen-bond acceptors (Lipinski definition) is 4. The van der Waals surface area contributed by atoms with Crippen LogP contribution in [0.1, 0.15) is 38.2 Å². The largest absolute Gasteiger partial charge is 0.477 e. The number of aromatic nitrogens is 1. The SMILES string of the molecule is CN=C(NCc1ccc(OCC2CC2)nc1)NCC1(C)CCCS1.I. The zero-order valence-electron chi connectivity index (χ0n) is 15.1. The molecule has 140 valence electrons. The van der Waals surface area contributed by atoms with E-state index in [0.717, 1.165) is 36.5 Å². The zero-order valence-corrected chi connectivity index (χ0v) is 18.2. The van der Waals surface area contributed by atoms with Gasteiger partial charge in [-0.05, 0) is 49.8 Å². The fourth-order valence-corrected chi connectivity index (χ4v) is 3.99. The summed E-state index contributed by atoms with van der Waals surface area (Å²) in [6.07, 6.45) is 7.05. The average Bonchev–Trinajstić information content (AvgIpc) is 3.34. The average molecular weight is 476 g/mol. The van der Waals surface area contributed by atoms with Gasteiger partial charge < -0.3 is 15.4 Å². The van der Waals surface area contributed by atoms with E-state index in [1.807, 2.05) is 19.3 Å². The van der Waals surface area contributed by atoms with E-state index in [2.05, 4.69) is 45.4 Å². The molecule has 1 aliphatic heterocycles. The van der Waals surface area contributed by atoms with Crippen LogP contribution in [-0.4, -0.2) is 41.6 Å². The lowest BCUT2D eigenvalue weighted by molar-refractivity contribution is 0.288. The van der Waals surface area contributed by atoms with E-state index in [1.54, 1.807) is 0 Å². The second-order valence-electron chi connectivity index (χ2n) is 6.94. The van der Waals surface area contributed by atoms with Crippen LogP contribution in [0.25, 0.3) is 0 Å². The summed E-state index contributed by atoms with van der Waals surface area (Å²) in [4.78, 5) is 8.68. The number of rotatable bonds is 7. The molecule has 0 spiro atoms. The molecule has 2 fully saturated rings. The minimum Gasteiger partial charge on any atom is -0.477 e. The van der Waals surface area contributed by atoms with Crippen LogP contribution in [-0.2, 0) is 6.54 Å². The number of halogens is 1. The summed E-state index contributed by atoms with van der Waals surface area (Å²) in [7, 11) is 1.81. The molecule has 0 aromatic carbocycles. The Morgan fingerprint density at radius 2 is 2.24 bits per heavy atom. The molecule has 2 N–H and O–H groups in total. The fourth-order valence-electron chi connectivity index (χ4n) is 2.74. The number of ether oxygens (including phenoxy) is 1. The standard InChI is InChI=1S/C18H28N4OS.HI/c1-18(8-3-9-24-18)13-22-17(19-2)21-11-15-6-7-16(20-10-15)23-12-14-4-5-14;/h6-7,10,14H,3-5,8-9,11-13H2,1-2H3,(H2,19,21,22);1H. The summed E-state index contributed by atoms with van der Waals surface area (Å²) in [5.41, 5.74) is 1.12. The number of nitrogens with zero attached hydrogens (tertiary/aromatic N) is 2. The van der Waals surface area contributed by atoms with Crippen LogP contribution >= 0.6 is 35.7 Å². The third-order valence-electron chi connectivity index (χ3n) is 4.58. The highest BCUT2D eigenvalue weighted by atomic mass is 127. The number of guanidine groups is 1. The molecule has 2 aliphatic rings. The van der Waals surface area contributed by atoms with Gasteiger partial charge in [0, 0.05) is 37.1 Å². The van der Waals surface area contributed by atoms with Gasteiger partial charge in [0.25, 0.3) is 0 Å². The maximum absolute atomic E-state index is 5.67. The summed E-state index contributed by atoms with van der Waals surface area (Å²) in [5.74, 6) is 3.59. The Hall–Kier alpha value is -0.700. The Balaban J connectivity index is 0.00000225. The van der Waals surface area contributed by atoms with Crippen molar-refractivity contribution in [1.82, 2.24) is 15.6 Å². The first kappa shape index (κ1) is 20.6. The van der Waals surface area contributed by atoms with Gasteiger partial charge in [0.1, 0.15) is 0 Å². The highest BCUT2D eigenvalue weighted by molar-refractivity contribution is 14.0. The molecular weight excluding hydrogens is 447 g/mol. The van der Waals surface area contributed by atoms with E-state index in [1.165, 1.54) is 31.4 Å². The van der Waals surface area contributed by atoms with Crippen molar-refractivity contribution in [2.75, 3.05) is 26.0 Å². The molecule has 0 radical (unpaired) electrons. The molecule has 7 heteroatoms. The quantitative estimate of drug-likeness (QED) is 0.359.